The molecule has 0 radical (unpaired) electrons. The van der Waals surface area contributed by atoms with E-state index in [1.807, 2.05) is 55.1 Å². The van der Waals surface area contributed by atoms with Crippen LogP contribution < -0.4 is 4.74 Å². The summed E-state index contributed by atoms with van der Waals surface area (Å²) >= 11 is 0. The lowest BCUT2D eigenvalue weighted by Crippen LogP contribution is -2.06. The van der Waals surface area contributed by atoms with Crippen LogP contribution in [0.1, 0.15) is 22.9 Å². The number of aliphatic hydroxyl groups excluding tert-OH is 1. The van der Waals surface area contributed by atoms with Crippen molar-refractivity contribution in [1.29, 1.82) is 0 Å². The number of benzene rings is 1. The Hall–Kier alpha value is -1.74. The number of hydrogen-bond acceptors (Lipinski definition) is 2. The molecule has 0 spiro atoms. The first-order chi connectivity index (χ1) is 8.13. The zero-order valence-electron chi connectivity index (χ0n) is 10.3. The van der Waals surface area contributed by atoms with Crippen LogP contribution in [-0.2, 0) is 7.05 Å². The summed E-state index contributed by atoms with van der Waals surface area (Å²) in [6.45, 7) is 1.98. The zero-order chi connectivity index (χ0) is 12.4. The topological polar surface area (TPSA) is 34.4 Å². The van der Waals surface area contributed by atoms with Gasteiger partial charge in [-0.2, -0.15) is 0 Å². The molecular formula is C14H17NO2. The summed E-state index contributed by atoms with van der Waals surface area (Å²) in [5.41, 5.74) is 2.82. The third-order valence-corrected chi connectivity index (χ3v) is 3.04. The Bertz CT molecular complexity index is 517. The van der Waals surface area contributed by atoms with Crippen LogP contribution in [0, 0.1) is 6.92 Å². The summed E-state index contributed by atoms with van der Waals surface area (Å²) in [5, 5.41) is 10.3. The molecule has 2 rings (SSSR count). The van der Waals surface area contributed by atoms with Crippen LogP contribution in [0.2, 0.25) is 0 Å². The fourth-order valence-electron chi connectivity index (χ4n) is 2.00. The quantitative estimate of drug-likeness (QED) is 0.880. The van der Waals surface area contributed by atoms with Gasteiger partial charge in [-0.05, 0) is 42.3 Å². The van der Waals surface area contributed by atoms with Crippen LogP contribution >= 0.6 is 0 Å². The number of aryl methyl sites for hydroxylation is 2. The van der Waals surface area contributed by atoms with E-state index in [4.69, 9.17) is 4.74 Å². The van der Waals surface area contributed by atoms with E-state index >= 15 is 0 Å². The summed E-state index contributed by atoms with van der Waals surface area (Å²) in [6.07, 6.45) is 1.33. The second kappa shape index (κ2) is 4.63. The summed E-state index contributed by atoms with van der Waals surface area (Å²) in [6, 6.07) is 9.56. The molecule has 0 aliphatic rings. The Kier molecular flexibility index (Phi) is 3.20. The minimum absolute atomic E-state index is 0.596. The van der Waals surface area contributed by atoms with E-state index in [0.717, 1.165) is 22.6 Å². The maximum absolute atomic E-state index is 10.3. The van der Waals surface area contributed by atoms with Gasteiger partial charge in [0.1, 0.15) is 11.9 Å². The molecule has 0 aliphatic heterocycles. The minimum atomic E-state index is -0.596. The van der Waals surface area contributed by atoms with Crippen LogP contribution in [0.5, 0.6) is 5.75 Å². The van der Waals surface area contributed by atoms with Crippen LogP contribution in [0.4, 0.5) is 0 Å². The number of hydrogen-bond donors (Lipinski definition) is 1. The smallest absolute Gasteiger partial charge is 0.119 e. The first-order valence-corrected chi connectivity index (χ1v) is 5.57. The molecule has 0 saturated heterocycles. The largest absolute Gasteiger partial charge is 0.497 e. The number of aromatic nitrogens is 1. The molecular weight excluding hydrogens is 214 g/mol. The van der Waals surface area contributed by atoms with Gasteiger partial charge in [0.2, 0.25) is 0 Å². The molecule has 17 heavy (non-hydrogen) atoms. The lowest BCUT2D eigenvalue weighted by atomic mass is 10.0. The maximum Gasteiger partial charge on any atom is 0.119 e. The lowest BCUT2D eigenvalue weighted by Gasteiger charge is -2.15. The molecule has 0 unspecified atom stereocenters. The monoisotopic (exact) mass is 231 g/mol. The SMILES string of the molecule is COc1ccc([C@H](O)c2cccn2C)c(C)c1. The highest BCUT2D eigenvalue weighted by Crippen LogP contribution is 2.27. The average molecular weight is 231 g/mol. The predicted molar refractivity (Wildman–Crippen MR) is 67.2 cm³/mol. The van der Waals surface area contributed by atoms with Gasteiger partial charge >= 0.3 is 0 Å². The highest BCUT2D eigenvalue weighted by Gasteiger charge is 2.15. The summed E-state index contributed by atoms with van der Waals surface area (Å²) < 4.78 is 7.08. The van der Waals surface area contributed by atoms with Crippen molar-refractivity contribution in [2.75, 3.05) is 7.11 Å². The van der Waals surface area contributed by atoms with Crippen LogP contribution in [0.15, 0.2) is 36.5 Å². The Morgan fingerprint density at radius 3 is 2.59 bits per heavy atom. The molecule has 0 aliphatic carbocycles. The number of methoxy groups -OCH3 is 1. The molecule has 1 aromatic heterocycles. The Labute approximate surface area is 101 Å². The molecule has 3 heteroatoms. The molecule has 0 bridgehead atoms. The molecule has 0 fully saturated rings. The lowest BCUT2D eigenvalue weighted by molar-refractivity contribution is 0.210. The second-order valence-corrected chi connectivity index (χ2v) is 4.17. The highest BCUT2D eigenvalue weighted by atomic mass is 16.5. The first kappa shape index (κ1) is 11.7. The summed E-state index contributed by atoms with van der Waals surface area (Å²) in [5.74, 6) is 0.810. The number of nitrogens with zero attached hydrogens (tertiary/aromatic N) is 1. The molecule has 1 atom stereocenters. The van der Waals surface area contributed by atoms with Crippen LogP contribution in [0.25, 0.3) is 0 Å². The summed E-state index contributed by atoms with van der Waals surface area (Å²) in [4.78, 5) is 0. The van der Waals surface area contributed by atoms with Gasteiger partial charge in [0.15, 0.2) is 0 Å². The number of rotatable bonds is 3. The standard InChI is InChI=1S/C14H17NO2/c1-10-9-11(17-3)6-7-12(10)14(16)13-5-4-8-15(13)2/h4-9,14,16H,1-3H3/t14-/m0/s1. The van der Waals surface area contributed by atoms with Gasteiger partial charge < -0.3 is 14.4 Å². The fraction of sp³-hybridized carbons (Fsp3) is 0.286. The Balaban J connectivity index is 2.38. The van der Waals surface area contributed by atoms with E-state index in [1.165, 1.54) is 0 Å². The van der Waals surface area contributed by atoms with E-state index in [-0.39, 0.29) is 0 Å². The van der Waals surface area contributed by atoms with E-state index in [9.17, 15) is 5.11 Å². The Morgan fingerprint density at radius 1 is 1.29 bits per heavy atom. The van der Waals surface area contributed by atoms with Crippen molar-refractivity contribution < 1.29 is 9.84 Å². The van der Waals surface area contributed by atoms with E-state index in [0.29, 0.717) is 0 Å². The van der Waals surface area contributed by atoms with Crippen LogP contribution in [0.3, 0.4) is 0 Å². The molecule has 1 heterocycles. The third-order valence-electron chi connectivity index (χ3n) is 3.04. The number of ether oxygens (including phenoxy) is 1. The molecule has 0 amide bonds. The van der Waals surface area contributed by atoms with E-state index < -0.39 is 6.10 Å². The molecule has 3 nitrogen and oxygen atoms in total. The molecule has 90 valence electrons. The van der Waals surface area contributed by atoms with Crippen molar-refractivity contribution in [3.63, 3.8) is 0 Å². The van der Waals surface area contributed by atoms with E-state index in [2.05, 4.69) is 0 Å². The molecule has 1 aromatic carbocycles. The van der Waals surface area contributed by atoms with Gasteiger partial charge in [-0.15, -0.1) is 0 Å². The van der Waals surface area contributed by atoms with Crippen molar-refractivity contribution in [2.45, 2.75) is 13.0 Å². The highest BCUT2D eigenvalue weighted by molar-refractivity contribution is 5.39. The van der Waals surface area contributed by atoms with Gasteiger partial charge in [0.25, 0.3) is 0 Å². The molecule has 1 N–H and O–H groups in total. The van der Waals surface area contributed by atoms with Gasteiger partial charge in [0.05, 0.1) is 12.8 Å². The minimum Gasteiger partial charge on any atom is -0.497 e. The number of aliphatic hydroxyl groups is 1. The zero-order valence-corrected chi connectivity index (χ0v) is 10.3. The second-order valence-electron chi connectivity index (χ2n) is 4.17. The van der Waals surface area contributed by atoms with Gasteiger partial charge in [-0.3, -0.25) is 0 Å². The van der Waals surface area contributed by atoms with E-state index in [1.54, 1.807) is 7.11 Å². The van der Waals surface area contributed by atoms with Gasteiger partial charge in [-0.25, -0.2) is 0 Å². The van der Waals surface area contributed by atoms with Crippen molar-refractivity contribution >= 4 is 0 Å². The first-order valence-electron chi connectivity index (χ1n) is 5.57. The van der Waals surface area contributed by atoms with Crippen LogP contribution in [-0.4, -0.2) is 16.8 Å². The van der Waals surface area contributed by atoms with Crippen molar-refractivity contribution in [2.24, 2.45) is 7.05 Å². The van der Waals surface area contributed by atoms with Crippen molar-refractivity contribution in [1.82, 2.24) is 4.57 Å². The predicted octanol–water partition coefficient (Wildman–Crippen LogP) is 2.42. The summed E-state index contributed by atoms with van der Waals surface area (Å²) in [7, 11) is 3.57. The average Bonchev–Trinajstić information content (AvgIpc) is 2.74. The normalized spacial score (nSPS) is 12.5. The maximum atomic E-state index is 10.3. The third kappa shape index (κ3) is 2.19. The molecule has 2 aromatic rings. The van der Waals surface area contributed by atoms with Crippen molar-refractivity contribution in [3.05, 3.63) is 53.3 Å². The van der Waals surface area contributed by atoms with Crippen molar-refractivity contribution in [3.8, 4) is 5.75 Å². The van der Waals surface area contributed by atoms with Gasteiger partial charge in [-0.1, -0.05) is 6.07 Å². The molecule has 0 saturated carbocycles. The fourth-order valence-corrected chi connectivity index (χ4v) is 2.00. The Morgan fingerprint density at radius 2 is 2.06 bits per heavy atom. The van der Waals surface area contributed by atoms with Gasteiger partial charge in [0, 0.05) is 13.2 Å².